The molecule has 0 aliphatic carbocycles. The molecule has 2 N–H and O–H groups in total. The summed E-state index contributed by atoms with van der Waals surface area (Å²) < 4.78 is 6.83. The van der Waals surface area contributed by atoms with Crippen molar-refractivity contribution in [3.63, 3.8) is 0 Å². The van der Waals surface area contributed by atoms with Crippen molar-refractivity contribution in [2.45, 2.75) is 32.1 Å². The lowest BCUT2D eigenvalue weighted by Gasteiger charge is -2.14. The molecule has 0 unspecified atom stereocenters. The first-order chi connectivity index (χ1) is 7.61. The average Bonchev–Trinajstić information content (AvgIpc) is 2.71. The maximum absolute atomic E-state index is 11.5. The zero-order valence-electron chi connectivity index (χ0n) is 8.97. The van der Waals surface area contributed by atoms with Gasteiger partial charge >= 0.3 is 5.69 Å². The van der Waals surface area contributed by atoms with Crippen molar-refractivity contribution in [1.29, 1.82) is 0 Å². The number of hydrogen-bond acceptors (Lipinski definition) is 4. The van der Waals surface area contributed by atoms with Crippen molar-refractivity contribution in [2.24, 2.45) is 0 Å². The quantitative estimate of drug-likeness (QED) is 0.713. The van der Waals surface area contributed by atoms with Crippen molar-refractivity contribution < 1.29 is 9.84 Å². The van der Waals surface area contributed by atoms with Gasteiger partial charge in [0.1, 0.15) is 6.23 Å². The van der Waals surface area contributed by atoms with Crippen LogP contribution in [0.25, 0.3) is 0 Å². The third-order valence-corrected chi connectivity index (χ3v) is 2.74. The molecule has 1 aromatic heterocycles. The summed E-state index contributed by atoms with van der Waals surface area (Å²) in [5.74, 6) is 0. The second-order valence-electron chi connectivity index (χ2n) is 3.95. The first-order valence-corrected chi connectivity index (χ1v) is 5.20. The lowest BCUT2D eigenvalue weighted by molar-refractivity contribution is -0.0247. The third-order valence-electron chi connectivity index (χ3n) is 2.74. The lowest BCUT2D eigenvalue weighted by atomic mass is 10.2. The molecule has 2 heterocycles. The molecule has 88 valence electrons. The molecule has 0 bridgehead atoms. The normalized spacial score (nSPS) is 24.9. The monoisotopic (exact) mass is 226 g/mol. The molecule has 1 saturated heterocycles. The van der Waals surface area contributed by atoms with Gasteiger partial charge < -0.3 is 9.84 Å². The van der Waals surface area contributed by atoms with Crippen molar-refractivity contribution in [2.75, 3.05) is 6.61 Å². The minimum Gasteiger partial charge on any atom is -0.394 e. The highest BCUT2D eigenvalue weighted by atomic mass is 16.5. The number of rotatable bonds is 2. The smallest absolute Gasteiger partial charge is 0.330 e. The minimum absolute atomic E-state index is 0.0480. The van der Waals surface area contributed by atoms with E-state index in [9.17, 15) is 9.59 Å². The van der Waals surface area contributed by atoms with E-state index in [0.29, 0.717) is 18.4 Å². The molecular weight excluding hydrogens is 212 g/mol. The van der Waals surface area contributed by atoms with Crippen LogP contribution in [0.1, 0.15) is 24.6 Å². The largest absolute Gasteiger partial charge is 0.394 e. The number of hydrogen-bond donors (Lipinski definition) is 2. The van der Waals surface area contributed by atoms with Crippen LogP contribution in [0.5, 0.6) is 0 Å². The highest BCUT2D eigenvalue weighted by molar-refractivity contribution is 5.01. The highest BCUT2D eigenvalue weighted by Crippen LogP contribution is 2.26. The summed E-state index contributed by atoms with van der Waals surface area (Å²) in [5.41, 5.74) is -0.382. The van der Waals surface area contributed by atoms with Crippen molar-refractivity contribution in [1.82, 2.24) is 9.55 Å². The number of aliphatic hydroxyl groups is 1. The van der Waals surface area contributed by atoms with Gasteiger partial charge in [-0.3, -0.25) is 14.3 Å². The molecule has 16 heavy (non-hydrogen) atoms. The van der Waals surface area contributed by atoms with Crippen LogP contribution in [0.3, 0.4) is 0 Å². The van der Waals surface area contributed by atoms with Crippen LogP contribution in [0.4, 0.5) is 0 Å². The van der Waals surface area contributed by atoms with Gasteiger partial charge in [0, 0.05) is 11.8 Å². The molecule has 1 aromatic rings. The topological polar surface area (TPSA) is 84.3 Å². The number of aliphatic hydroxyl groups excluding tert-OH is 1. The van der Waals surface area contributed by atoms with Gasteiger partial charge in [-0.1, -0.05) is 0 Å². The summed E-state index contributed by atoms with van der Waals surface area (Å²) >= 11 is 0. The number of aromatic nitrogens is 2. The first-order valence-electron chi connectivity index (χ1n) is 5.20. The van der Waals surface area contributed by atoms with Crippen LogP contribution in [0.2, 0.25) is 0 Å². The Morgan fingerprint density at radius 1 is 1.56 bits per heavy atom. The van der Waals surface area contributed by atoms with Gasteiger partial charge in [0.05, 0.1) is 12.7 Å². The van der Waals surface area contributed by atoms with E-state index >= 15 is 0 Å². The van der Waals surface area contributed by atoms with E-state index in [2.05, 4.69) is 4.98 Å². The molecule has 6 heteroatoms. The summed E-state index contributed by atoms with van der Waals surface area (Å²) in [6, 6.07) is 0. The molecule has 0 aromatic carbocycles. The van der Waals surface area contributed by atoms with E-state index in [-0.39, 0.29) is 24.5 Å². The standard InChI is InChI=1S/C10H14N2O4/c1-6-4-12(10(15)11-9(6)14)8-3-2-7(5-13)16-8/h4,7-8,13H,2-3,5H2,1H3,(H,11,14,15)/t7-,8-/m0/s1. The first kappa shape index (κ1) is 11.1. The van der Waals surface area contributed by atoms with Crippen LogP contribution in [-0.2, 0) is 4.74 Å². The Morgan fingerprint density at radius 2 is 2.31 bits per heavy atom. The number of aryl methyl sites for hydroxylation is 1. The molecule has 2 atom stereocenters. The van der Waals surface area contributed by atoms with Crippen LogP contribution >= 0.6 is 0 Å². The van der Waals surface area contributed by atoms with Gasteiger partial charge in [-0.05, 0) is 19.8 Å². The number of H-pyrrole nitrogens is 1. The van der Waals surface area contributed by atoms with Gasteiger partial charge in [-0.2, -0.15) is 0 Å². The fraction of sp³-hybridized carbons (Fsp3) is 0.600. The zero-order valence-corrected chi connectivity index (χ0v) is 8.97. The van der Waals surface area contributed by atoms with E-state index in [4.69, 9.17) is 9.84 Å². The highest BCUT2D eigenvalue weighted by Gasteiger charge is 2.26. The lowest BCUT2D eigenvalue weighted by Crippen LogP contribution is -2.33. The number of ether oxygens (including phenoxy) is 1. The Balaban J connectivity index is 2.32. The van der Waals surface area contributed by atoms with Gasteiger partial charge in [-0.15, -0.1) is 0 Å². The zero-order chi connectivity index (χ0) is 11.7. The Morgan fingerprint density at radius 3 is 2.94 bits per heavy atom. The van der Waals surface area contributed by atoms with Gasteiger partial charge in [0.25, 0.3) is 5.56 Å². The average molecular weight is 226 g/mol. The van der Waals surface area contributed by atoms with Gasteiger partial charge in [-0.25, -0.2) is 4.79 Å². The van der Waals surface area contributed by atoms with Crippen molar-refractivity contribution >= 4 is 0 Å². The second-order valence-corrected chi connectivity index (χ2v) is 3.95. The summed E-state index contributed by atoms with van der Waals surface area (Å²) in [4.78, 5) is 24.9. The molecule has 0 radical (unpaired) electrons. The molecule has 6 nitrogen and oxygen atoms in total. The molecule has 1 fully saturated rings. The van der Waals surface area contributed by atoms with E-state index in [1.54, 1.807) is 6.92 Å². The Labute approximate surface area is 91.5 Å². The maximum atomic E-state index is 11.5. The number of nitrogens with one attached hydrogen (secondary N) is 1. The predicted molar refractivity (Wildman–Crippen MR) is 56.3 cm³/mol. The summed E-state index contributed by atoms with van der Waals surface area (Å²) in [6.07, 6.45) is 2.26. The van der Waals surface area contributed by atoms with Crippen molar-refractivity contribution in [3.05, 3.63) is 32.6 Å². The van der Waals surface area contributed by atoms with E-state index in [1.807, 2.05) is 0 Å². The SMILES string of the molecule is Cc1cn([C@@H]2CC[C@@H](CO)O2)c(=O)[nH]c1=O. The van der Waals surface area contributed by atoms with Crippen molar-refractivity contribution in [3.8, 4) is 0 Å². The maximum Gasteiger partial charge on any atom is 0.330 e. The van der Waals surface area contributed by atoms with Gasteiger partial charge in [0.15, 0.2) is 0 Å². The van der Waals surface area contributed by atoms with E-state index in [0.717, 1.165) is 0 Å². The van der Waals surface area contributed by atoms with E-state index in [1.165, 1.54) is 10.8 Å². The number of nitrogens with zero attached hydrogens (tertiary/aromatic N) is 1. The summed E-state index contributed by atoms with van der Waals surface area (Å²) in [5, 5.41) is 8.93. The Hall–Kier alpha value is -1.40. The molecular formula is C10H14N2O4. The third kappa shape index (κ3) is 1.94. The van der Waals surface area contributed by atoms with E-state index < -0.39 is 5.69 Å². The van der Waals surface area contributed by atoms with Crippen LogP contribution in [-0.4, -0.2) is 27.4 Å². The van der Waals surface area contributed by atoms with Gasteiger partial charge in [0.2, 0.25) is 0 Å². The molecule has 0 saturated carbocycles. The molecule has 1 aliphatic heterocycles. The van der Waals surface area contributed by atoms with Crippen LogP contribution in [0.15, 0.2) is 15.8 Å². The molecule has 1 aliphatic rings. The number of aromatic amines is 1. The minimum atomic E-state index is -0.473. The van der Waals surface area contributed by atoms with Crippen LogP contribution in [0, 0.1) is 6.92 Å². The van der Waals surface area contributed by atoms with Crippen LogP contribution < -0.4 is 11.2 Å². The predicted octanol–water partition coefficient (Wildman–Crippen LogP) is -0.485. The molecule has 0 spiro atoms. The Kier molecular flexibility index (Phi) is 2.93. The Bertz CT molecular complexity index is 490. The summed E-state index contributed by atoms with van der Waals surface area (Å²) in [7, 11) is 0. The molecule has 0 amide bonds. The summed E-state index contributed by atoms with van der Waals surface area (Å²) in [6.45, 7) is 1.58. The fourth-order valence-corrected chi connectivity index (χ4v) is 1.83. The second kappa shape index (κ2) is 4.23. The fourth-order valence-electron chi connectivity index (χ4n) is 1.83. The molecule has 2 rings (SSSR count).